The molecule has 1 aliphatic rings. The second-order valence-electron chi connectivity index (χ2n) is 10.2. The molecule has 0 aliphatic carbocycles. The van der Waals surface area contributed by atoms with Gasteiger partial charge in [0.05, 0.1) is 20.6 Å². The normalized spacial score (nSPS) is 14.0. The Morgan fingerprint density at radius 1 is 0.907 bits per heavy atom. The minimum absolute atomic E-state index is 0.00250. The molecule has 43 heavy (non-hydrogen) atoms. The number of hydrogen-bond acceptors (Lipinski definition) is 6. The molecule has 12 heteroatoms. The Morgan fingerprint density at radius 3 is 2.26 bits per heavy atom. The number of benzene rings is 3. The number of sulfonamides is 1. The molecule has 2 amide bonds. The molecule has 0 spiro atoms. The zero-order valence-corrected chi connectivity index (χ0v) is 26.6. The predicted molar refractivity (Wildman–Crippen MR) is 167 cm³/mol. The Bertz CT molecular complexity index is 1550. The van der Waals surface area contributed by atoms with Gasteiger partial charge in [0, 0.05) is 18.7 Å². The molecule has 3 aromatic carbocycles. The number of hydrogen-bond donors (Lipinski definition) is 1. The van der Waals surface area contributed by atoms with Gasteiger partial charge in [-0.05, 0) is 61.7 Å². The maximum Gasteiger partial charge on any atom is 0.264 e. The highest BCUT2D eigenvalue weighted by Crippen LogP contribution is 2.36. The molecule has 9 nitrogen and oxygen atoms in total. The molecule has 0 aromatic heterocycles. The van der Waals surface area contributed by atoms with Crippen LogP contribution in [-0.2, 0) is 26.2 Å². The SMILES string of the molecule is CC[C@H](C)NC(=O)[C@H](CC)N(Cc1ccc(Cl)c(Cl)c1)C(=O)CN(c1ccc2c(c1)OCCO2)S(=O)(=O)c1ccccc1. The lowest BCUT2D eigenvalue weighted by Gasteiger charge is -2.34. The van der Waals surface area contributed by atoms with Gasteiger partial charge >= 0.3 is 0 Å². The Morgan fingerprint density at radius 2 is 1.60 bits per heavy atom. The van der Waals surface area contributed by atoms with Crippen molar-refractivity contribution in [3.05, 3.63) is 82.3 Å². The molecular formula is C31H35Cl2N3O6S. The van der Waals surface area contributed by atoms with Gasteiger partial charge in [0.25, 0.3) is 10.0 Å². The summed E-state index contributed by atoms with van der Waals surface area (Å²) in [5.74, 6) is -0.0578. The zero-order valence-electron chi connectivity index (χ0n) is 24.3. The number of anilines is 1. The van der Waals surface area contributed by atoms with Crippen molar-refractivity contribution in [1.29, 1.82) is 0 Å². The first kappa shape index (κ1) is 32.4. The monoisotopic (exact) mass is 647 g/mol. The maximum absolute atomic E-state index is 14.2. The summed E-state index contributed by atoms with van der Waals surface area (Å²) in [4.78, 5) is 29.1. The summed E-state index contributed by atoms with van der Waals surface area (Å²) in [7, 11) is -4.22. The van der Waals surface area contributed by atoms with Gasteiger partial charge in [0.1, 0.15) is 25.8 Å². The van der Waals surface area contributed by atoms with Crippen molar-refractivity contribution in [3.63, 3.8) is 0 Å². The lowest BCUT2D eigenvalue weighted by Crippen LogP contribution is -2.53. The van der Waals surface area contributed by atoms with E-state index in [1.54, 1.807) is 61.5 Å². The number of rotatable bonds is 12. The maximum atomic E-state index is 14.2. The third-order valence-corrected chi connectivity index (χ3v) is 9.67. The molecule has 1 heterocycles. The number of carbonyl (C=O) groups excluding carboxylic acids is 2. The average molecular weight is 649 g/mol. The van der Waals surface area contributed by atoms with Crippen LogP contribution in [0.1, 0.15) is 39.2 Å². The van der Waals surface area contributed by atoms with Crippen LogP contribution in [-0.4, -0.2) is 57.0 Å². The number of nitrogens with one attached hydrogen (secondary N) is 1. The summed E-state index contributed by atoms with van der Waals surface area (Å²) in [5, 5.41) is 3.61. The molecular weight excluding hydrogens is 613 g/mol. The lowest BCUT2D eigenvalue weighted by atomic mass is 10.1. The number of halogens is 2. The van der Waals surface area contributed by atoms with E-state index in [9.17, 15) is 18.0 Å². The summed E-state index contributed by atoms with van der Waals surface area (Å²) in [5.41, 5.74) is 0.849. The number of nitrogens with zero attached hydrogens (tertiary/aromatic N) is 2. The molecule has 0 bridgehead atoms. The highest BCUT2D eigenvalue weighted by atomic mass is 35.5. The fourth-order valence-corrected chi connectivity index (χ4v) is 6.38. The molecule has 2 atom stereocenters. The Balaban J connectivity index is 1.76. The fraction of sp³-hybridized carbons (Fsp3) is 0.355. The highest BCUT2D eigenvalue weighted by molar-refractivity contribution is 7.92. The third kappa shape index (κ3) is 7.74. The van der Waals surface area contributed by atoms with Crippen LogP contribution < -0.4 is 19.1 Å². The van der Waals surface area contributed by atoms with E-state index in [1.807, 2.05) is 13.8 Å². The van der Waals surface area contributed by atoms with Crippen LogP contribution in [0.5, 0.6) is 11.5 Å². The predicted octanol–water partition coefficient (Wildman–Crippen LogP) is 5.68. The van der Waals surface area contributed by atoms with E-state index in [4.69, 9.17) is 32.7 Å². The molecule has 0 saturated heterocycles. The summed E-state index contributed by atoms with van der Waals surface area (Å²) < 4.78 is 40.4. The number of ether oxygens (including phenoxy) is 2. The number of carbonyl (C=O) groups is 2. The van der Waals surface area contributed by atoms with Crippen LogP contribution in [0.2, 0.25) is 10.0 Å². The molecule has 0 saturated carbocycles. The summed E-state index contributed by atoms with van der Waals surface area (Å²) >= 11 is 12.4. The topological polar surface area (TPSA) is 105 Å². The van der Waals surface area contributed by atoms with Crippen LogP contribution >= 0.6 is 23.2 Å². The number of amides is 2. The summed E-state index contributed by atoms with van der Waals surface area (Å²) in [6.07, 6.45) is 1.00. The Kier molecular flexibility index (Phi) is 10.8. The van der Waals surface area contributed by atoms with E-state index in [2.05, 4.69) is 5.32 Å². The van der Waals surface area contributed by atoms with Crippen LogP contribution in [0, 0.1) is 0 Å². The van der Waals surface area contributed by atoms with Crippen molar-refractivity contribution in [1.82, 2.24) is 10.2 Å². The van der Waals surface area contributed by atoms with Gasteiger partial charge in [-0.3, -0.25) is 13.9 Å². The van der Waals surface area contributed by atoms with Gasteiger partial charge < -0.3 is 19.7 Å². The van der Waals surface area contributed by atoms with Crippen molar-refractivity contribution in [3.8, 4) is 11.5 Å². The van der Waals surface area contributed by atoms with E-state index in [0.29, 0.717) is 53.2 Å². The molecule has 1 N–H and O–H groups in total. The standard InChI is InChI=1S/C31H35Cl2N3O6S/c1-4-21(3)34-31(38)27(5-2)35(19-22-11-13-25(32)26(33)17-22)30(37)20-36(43(39,40)24-9-7-6-8-10-24)23-12-14-28-29(18-23)42-16-15-41-28/h6-14,17-18,21,27H,4-5,15-16,19-20H2,1-3H3,(H,34,38)/t21-,27-/m0/s1. The zero-order chi connectivity index (χ0) is 31.1. The first-order valence-electron chi connectivity index (χ1n) is 14.1. The molecule has 0 radical (unpaired) electrons. The molecule has 0 unspecified atom stereocenters. The van der Waals surface area contributed by atoms with Crippen LogP contribution in [0.4, 0.5) is 5.69 Å². The smallest absolute Gasteiger partial charge is 0.264 e. The highest BCUT2D eigenvalue weighted by Gasteiger charge is 2.34. The van der Waals surface area contributed by atoms with Crippen LogP contribution in [0.25, 0.3) is 0 Å². The molecule has 3 aromatic rings. The van der Waals surface area contributed by atoms with Crippen molar-refractivity contribution < 1.29 is 27.5 Å². The first-order chi connectivity index (χ1) is 20.5. The Labute approximate surface area is 262 Å². The summed E-state index contributed by atoms with van der Waals surface area (Å²) in [6, 6.07) is 16.5. The fourth-order valence-electron chi connectivity index (χ4n) is 4.63. The average Bonchev–Trinajstić information content (AvgIpc) is 3.01. The first-order valence-corrected chi connectivity index (χ1v) is 16.3. The second kappa shape index (κ2) is 14.3. The van der Waals surface area contributed by atoms with Crippen molar-refractivity contribution in [2.24, 2.45) is 0 Å². The van der Waals surface area contributed by atoms with E-state index < -0.39 is 28.5 Å². The van der Waals surface area contributed by atoms with Gasteiger partial charge in [0.15, 0.2) is 11.5 Å². The van der Waals surface area contributed by atoms with Crippen molar-refractivity contribution in [2.75, 3.05) is 24.1 Å². The molecule has 1 aliphatic heterocycles. The van der Waals surface area contributed by atoms with Crippen molar-refractivity contribution >= 4 is 50.7 Å². The van der Waals surface area contributed by atoms with Gasteiger partial charge in [-0.1, -0.05) is 61.3 Å². The van der Waals surface area contributed by atoms with E-state index >= 15 is 0 Å². The van der Waals surface area contributed by atoms with Gasteiger partial charge in [-0.25, -0.2) is 8.42 Å². The van der Waals surface area contributed by atoms with E-state index in [0.717, 1.165) is 4.31 Å². The van der Waals surface area contributed by atoms with Crippen molar-refractivity contribution in [2.45, 2.75) is 57.1 Å². The van der Waals surface area contributed by atoms with Gasteiger partial charge in [-0.15, -0.1) is 0 Å². The van der Waals surface area contributed by atoms with Crippen LogP contribution in [0.15, 0.2) is 71.6 Å². The summed E-state index contributed by atoms with van der Waals surface area (Å²) in [6.45, 7) is 5.73. The quantitative estimate of drug-likeness (QED) is 0.271. The number of fused-ring (bicyclic) bond motifs is 1. The van der Waals surface area contributed by atoms with E-state index in [1.165, 1.54) is 17.0 Å². The molecule has 230 valence electrons. The lowest BCUT2D eigenvalue weighted by molar-refractivity contribution is -0.140. The van der Waals surface area contributed by atoms with Gasteiger partial charge in [-0.2, -0.15) is 0 Å². The largest absolute Gasteiger partial charge is 0.486 e. The molecule has 4 rings (SSSR count). The minimum Gasteiger partial charge on any atom is -0.486 e. The third-order valence-electron chi connectivity index (χ3n) is 7.15. The second-order valence-corrected chi connectivity index (χ2v) is 12.8. The van der Waals surface area contributed by atoms with Crippen LogP contribution in [0.3, 0.4) is 0 Å². The van der Waals surface area contributed by atoms with E-state index in [-0.39, 0.29) is 29.1 Å². The van der Waals surface area contributed by atoms with Gasteiger partial charge in [0.2, 0.25) is 11.8 Å². The molecule has 0 fully saturated rings. The Hall–Kier alpha value is -3.47. The minimum atomic E-state index is -4.22.